The fourth-order valence-corrected chi connectivity index (χ4v) is 5.07. The Morgan fingerprint density at radius 2 is 1.87 bits per heavy atom. The van der Waals surface area contributed by atoms with Crippen molar-refractivity contribution >= 4 is 15.9 Å². The number of ether oxygens (including phenoxy) is 2. The first-order valence-corrected chi connectivity index (χ1v) is 12.3. The van der Waals surface area contributed by atoms with Gasteiger partial charge in [-0.3, -0.25) is 0 Å². The number of alkyl halides is 3. The van der Waals surface area contributed by atoms with E-state index in [1.165, 1.54) is 36.3 Å². The maximum atomic E-state index is 14.5. The van der Waals surface area contributed by atoms with Gasteiger partial charge in [0.05, 0.1) is 29.1 Å². The second kappa shape index (κ2) is 9.89. The first-order chi connectivity index (χ1) is 18.0. The van der Waals surface area contributed by atoms with Crippen LogP contribution in [0.3, 0.4) is 0 Å². The van der Waals surface area contributed by atoms with Crippen LogP contribution in [0.1, 0.15) is 24.6 Å². The van der Waals surface area contributed by atoms with Crippen LogP contribution in [0.15, 0.2) is 29.0 Å². The van der Waals surface area contributed by atoms with Gasteiger partial charge in [-0.1, -0.05) is 10.4 Å². The molecule has 3 aromatic rings. The van der Waals surface area contributed by atoms with Crippen molar-refractivity contribution in [3.05, 3.63) is 46.3 Å². The highest BCUT2D eigenvalue weighted by Crippen LogP contribution is 2.55. The van der Waals surface area contributed by atoms with Gasteiger partial charge in [0, 0.05) is 25.3 Å². The van der Waals surface area contributed by atoms with E-state index in [-0.39, 0.29) is 40.7 Å². The number of aromatic nitrogens is 6. The van der Waals surface area contributed by atoms with E-state index < -0.39 is 60.4 Å². The Kier molecular flexibility index (Phi) is 7.04. The van der Waals surface area contributed by atoms with Crippen molar-refractivity contribution in [2.45, 2.75) is 61.4 Å². The van der Waals surface area contributed by atoms with Crippen LogP contribution in [0.25, 0.3) is 11.3 Å². The average Bonchev–Trinajstić information content (AvgIpc) is 3.35. The lowest BCUT2D eigenvalue weighted by molar-refractivity contribution is -0.212. The van der Waals surface area contributed by atoms with Gasteiger partial charge in [0.1, 0.15) is 30.0 Å². The summed E-state index contributed by atoms with van der Waals surface area (Å²) in [4.78, 5) is 0. The Morgan fingerprint density at radius 1 is 1.13 bits per heavy atom. The zero-order valence-corrected chi connectivity index (χ0v) is 21.3. The molecule has 0 spiro atoms. The summed E-state index contributed by atoms with van der Waals surface area (Å²) in [6.07, 6.45) is -6.57. The predicted octanol–water partition coefficient (Wildman–Crippen LogP) is 2.55. The lowest BCUT2D eigenvalue weighted by Crippen LogP contribution is -2.57. The summed E-state index contributed by atoms with van der Waals surface area (Å²) in [7, 11) is 1.33. The Balaban J connectivity index is 1.43. The monoisotopic (exact) mass is 608 g/mol. The Bertz CT molecular complexity index is 1320. The van der Waals surface area contributed by atoms with E-state index in [2.05, 4.69) is 36.6 Å². The lowest BCUT2D eigenvalue weighted by atomic mass is 9.90. The van der Waals surface area contributed by atoms with E-state index in [0.29, 0.717) is 0 Å². The third-order valence-corrected chi connectivity index (χ3v) is 7.62. The van der Waals surface area contributed by atoms with Gasteiger partial charge in [-0.15, -0.1) is 10.2 Å². The molecule has 16 heteroatoms. The molecule has 5 atom stereocenters. The minimum atomic E-state index is -4.48. The topological polar surface area (TPSA) is 120 Å². The predicted molar refractivity (Wildman–Crippen MR) is 122 cm³/mol. The maximum Gasteiger partial charge on any atom is 0.413 e. The fraction of sp³-hybridized carbons (Fsp3) is 0.545. The molecule has 5 rings (SSSR count). The summed E-state index contributed by atoms with van der Waals surface area (Å²) in [6.45, 7) is -0.595. The van der Waals surface area contributed by atoms with Crippen molar-refractivity contribution in [3.8, 4) is 11.3 Å². The molecule has 10 nitrogen and oxygen atoms in total. The molecule has 1 aliphatic carbocycles. The summed E-state index contributed by atoms with van der Waals surface area (Å²) >= 11 is 2.91. The van der Waals surface area contributed by atoms with Crippen molar-refractivity contribution in [1.82, 2.24) is 30.0 Å². The number of methoxy groups -OCH3 is 1. The van der Waals surface area contributed by atoms with E-state index in [0.717, 1.165) is 4.68 Å². The van der Waals surface area contributed by atoms with Crippen LogP contribution in [0.4, 0.5) is 22.0 Å². The number of halogens is 6. The first-order valence-electron chi connectivity index (χ1n) is 11.5. The van der Waals surface area contributed by atoms with E-state index >= 15 is 0 Å². The van der Waals surface area contributed by atoms with Crippen molar-refractivity contribution in [2.24, 2.45) is 0 Å². The maximum absolute atomic E-state index is 14.5. The Morgan fingerprint density at radius 3 is 2.50 bits per heavy atom. The molecule has 2 fully saturated rings. The van der Waals surface area contributed by atoms with E-state index in [1.54, 1.807) is 0 Å². The van der Waals surface area contributed by atoms with Crippen LogP contribution in [-0.2, 0) is 21.4 Å². The van der Waals surface area contributed by atoms with Crippen molar-refractivity contribution in [3.63, 3.8) is 0 Å². The summed E-state index contributed by atoms with van der Waals surface area (Å²) < 4.78 is 82.4. The van der Waals surface area contributed by atoms with Crippen LogP contribution in [0, 0.1) is 11.6 Å². The molecule has 0 unspecified atom stereocenters. The van der Waals surface area contributed by atoms with Crippen molar-refractivity contribution in [2.75, 3.05) is 13.7 Å². The second-order valence-electron chi connectivity index (χ2n) is 9.27. The highest BCUT2D eigenvalue weighted by molar-refractivity contribution is 9.10. The third-order valence-electron chi connectivity index (χ3n) is 7.00. The van der Waals surface area contributed by atoms with Gasteiger partial charge in [0.2, 0.25) is 0 Å². The number of rotatable bonds is 7. The third kappa shape index (κ3) is 4.51. The molecule has 1 aliphatic heterocycles. The molecule has 3 heterocycles. The smallest absolute Gasteiger partial charge is 0.394 e. The van der Waals surface area contributed by atoms with Crippen molar-refractivity contribution in [1.29, 1.82) is 0 Å². The van der Waals surface area contributed by atoms with Gasteiger partial charge >= 0.3 is 6.18 Å². The average molecular weight is 609 g/mol. The number of aliphatic hydroxyl groups is 2. The van der Waals surface area contributed by atoms with E-state index in [4.69, 9.17) is 9.47 Å². The summed E-state index contributed by atoms with van der Waals surface area (Å²) in [5.74, 6) is -2.26. The number of nitrogens with zero attached hydrogens (tertiary/aromatic N) is 6. The number of hydrogen-bond donors (Lipinski definition) is 2. The fourth-order valence-electron chi connectivity index (χ4n) is 4.77. The molecular formula is C22H22BrF5N6O4. The molecule has 2 aliphatic rings. The molecule has 1 aromatic carbocycles. The van der Waals surface area contributed by atoms with Gasteiger partial charge in [0.25, 0.3) is 0 Å². The Labute approximate surface area is 220 Å². The lowest BCUT2D eigenvalue weighted by Gasteiger charge is -2.43. The van der Waals surface area contributed by atoms with Crippen LogP contribution in [-0.4, -0.2) is 84.5 Å². The molecule has 2 aromatic heterocycles. The van der Waals surface area contributed by atoms with Gasteiger partial charge in [-0.05, 0) is 40.9 Å². The molecule has 0 amide bonds. The molecular weight excluding hydrogens is 587 g/mol. The summed E-state index contributed by atoms with van der Waals surface area (Å²) in [5, 5.41) is 36.2. The highest BCUT2D eigenvalue weighted by atomic mass is 79.9. The summed E-state index contributed by atoms with van der Waals surface area (Å²) in [6, 6.07) is 1.60. The first kappa shape index (κ1) is 27.1. The van der Waals surface area contributed by atoms with Gasteiger partial charge in [-0.25, -0.2) is 18.1 Å². The van der Waals surface area contributed by atoms with E-state index in [1.807, 2.05) is 0 Å². The highest BCUT2D eigenvalue weighted by Gasteiger charge is 2.66. The minimum Gasteiger partial charge on any atom is -0.394 e. The second-order valence-corrected chi connectivity index (χ2v) is 10.1. The van der Waals surface area contributed by atoms with Gasteiger partial charge in [-0.2, -0.15) is 13.2 Å². The van der Waals surface area contributed by atoms with Crippen molar-refractivity contribution < 1.29 is 41.6 Å². The van der Waals surface area contributed by atoms with Crippen LogP contribution in [0.5, 0.6) is 0 Å². The molecule has 38 heavy (non-hydrogen) atoms. The van der Waals surface area contributed by atoms with Crippen LogP contribution < -0.4 is 0 Å². The molecule has 206 valence electrons. The summed E-state index contributed by atoms with van der Waals surface area (Å²) in [5.41, 5.74) is -2.08. The molecule has 1 saturated heterocycles. The molecule has 0 bridgehead atoms. The largest absolute Gasteiger partial charge is 0.413 e. The van der Waals surface area contributed by atoms with Gasteiger partial charge in [0.15, 0.2) is 17.2 Å². The quantitative estimate of drug-likeness (QED) is 0.310. The van der Waals surface area contributed by atoms with Gasteiger partial charge < -0.3 is 19.7 Å². The van der Waals surface area contributed by atoms with E-state index in [9.17, 15) is 32.2 Å². The normalized spacial score (nSPS) is 27.0. The molecule has 0 radical (unpaired) electrons. The van der Waals surface area contributed by atoms with Crippen LogP contribution >= 0.6 is 15.9 Å². The zero-order valence-electron chi connectivity index (χ0n) is 19.7. The standard InChI is InChI=1S/C22H22BrF5N6O4/c1-37-20-14(6-10-7-34(32-29-10)21(4-5-21)22(26,27)28)38-15(9-35)19(36)18(20)33-8-13(30-31-33)11-2-3-12(23)17(25)16(11)24/h2-3,7-8,14-15,18-20,35-36H,4-6,9H2,1H3/t14-,15-,18+,19+,20+/m1/s1. The van der Waals surface area contributed by atoms with Crippen LogP contribution in [0.2, 0.25) is 0 Å². The zero-order chi connectivity index (χ0) is 27.4. The Hall–Kier alpha value is -2.53. The number of benzene rings is 1. The SMILES string of the molecule is CO[C@@H]1[C@@H](n2cc(-c3ccc(Br)c(F)c3F)nn2)[C@@H](O)[C@@H](CO)O[C@@H]1Cc1cn(C2(C(F)(F)F)CC2)nn1. The molecule has 1 saturated carbocycles. The number of hydrogen-bond acceptors (Lipinski definition) is 8. The minimum absolute atomic E-state index is 0.0237. The molecule has 2 N–H and O–H groups in total. The number of aliphatic hydroxyl groups excluding tert-OH is 2.